The molecule has 0 bridgehead atoms. The third-order valence-corrected chi connectivity index (χ3v) is 1.84. The summed E-state index contributed by atoms with van der Waals surface area (Å²) in [5.74, 6) is -2.63. The lowest BCUT2D eigenvalue weighted by Crippen LogP contribution is -1.90. The number of hydrogen-bond donors (Lipinski definition) is 2. The first kappa shape index (κ1) is 11.9. The van der Waals surface area contributed by atoms with Gasteiger partial charge in [0.15, 0.2) is 17.9 Å². The largest absolute Gasteiger partial charge is 0.504 e. The summed E-state index contributed by atoms with van der Waals surface area (Å²) in [6.07, 6.45) is 2.82. The lowest BCUT2D eigenvalue weighted by atomic mass is 10.1. The fourth-order valence-electron chi connectivity index (χ4n) is 1.12. The number of aldehydes is 1. The molecule has 0 spiro atoms. The van der Waals surface area contributed by atoms with E-state index >= 15 is 0 Å². The normalized spacial score (nSPS) is 10.6. The summed E-state index contributed by atoms with van der Waals surface area (Å²) in [5, 5.41) is 17.5. The lowest BCUT2D eigenvalue weighted by molar-refractivity contribution is -0.135. The summed E-state index contributed by atoms with van der Waals surface area (Å²) in [7, 11) is 0. The van der Waals surface area contributed by atoms with Crippen molar-refractivity contribution in [3.05, 3.63) is 35.2 Å². The van der Waals surface area contributed by atoms with Gasteiger partial charge in [0.05, 0.1) is 12.0 Å². The Morgan fingerprint density at radius 1 is 1.44 bits per heavy atom. The van der Waals surface area contributed by atoms with Crippen LogP contribution in [0.25, 0.3) is 6.08 Å². The number of phenols is 1. The number of carbonyl (C=O) groups is 2. The highest BCUT2D eigenvalue weighted by Crippen LogP contribution is 2.22. The second-order valence-electron chi connectivity index (χ2n) is 3.06. The molecule has 5 heteroatoms. The van der Waals surface area contributed by atoms with Crippen molar-refractivity contribution in [2.24, 2.45) is 0 Å². The van der Waals surface area contributed by atoms with E-state index in [1.165, 1.54) is 18.2 Å². The molecule has 0 aliphatic carbocycles. The van der Waals surface area contributed by atoms with E-state index in [0.29, 0.717) is 11.8 Å². The van der Waals surface area contributed by atoms with E-state index < -0.39 is 17.5 Å². The molecule has 0 heterocycles. The van der Waals surface area contributed by atoms with Crippen LogP contribution in [0.4, 0.5) is 4.39 Å². The Kier molecular flexibility index (Phi) is 3.77. The SMILES string of the molecule is O=Cc1cc(C=CCC(=O)O)cc(F)c1O. The van der Waals surface area contributed by atoms with Gasteiger partial charge in [-0.1, -0.05) is 12.2 Å². The van der Waals surface area contributed by atoms with Crippen LogP contribution in [0, 0.1) is 5.82 Å². The number of carbonyl (C=O) groups excluding carboxylic acids is 1. The number of phenolic OH excluding ortho intramolecular Hbond substituents is 1. The van der Waals surface area contributed by atoms with Crippen molar-refractivity contribution < 1.29 is 24.2 Å². The molecule has 2 N–H and O–H groups in total. The molecule has 0 saturated heterocycles. The molecule has 4 nitrogen and oxygen atoms in total. The first-order valence-corrected chi connectivity index (χ1v) is 4.40. The number of benzene rings is 1. The van der Waals surface area contributed by atoms with Gasteiger partial charge < -0.3 is 10.2 Å². The van der Waals surface area contributed by atoms with E-state index in [2.05, 4.69) is 0 Å². The van der Waals surface area contributed by atoms with Crippen molar-refractivity contribution in [2.75, 3.05) is 0 Å². The maximum absolute atomic E-state index is 13.1. The maximum Gasteiger partial charge on any atom is 0.307 e. The molecule has 0 saturated carbocycles. The highest BCUT2D eigenvalue weighted by molar-refractivity contribution is 5.81. The van der Waals surface area contributed by atoms with Gasteiger partial charge in [-0.25, -0.2) is 4.39 Å². The number of aromatic hydroxyl groups is 1. The molecule has 0 amide bonds. The Balaban J connectivity index is 2.98. The topological polar surface area (TPSA) is 74.6 Å². The van der Waals surface area contributed by atoms with E-state index in [0.717, 1.165) is 6.07 Å². The minimum absolute atomic E-state index is 0.171. The van der Waals surface area contributed by atoms with E-state index in [1.54, 1.807) is 0 Å². The van der Waals surface area contributed by atoms with Crippen molar-refractivity contribution in [3.63, 3.8) is 0 Å². The molecule has 1 aromatic carbocycles. The zero-order valence-corrected chi connectivity index (χ0v) is 8.18. The number of halogens is 1. The molecule has 0 atom stereocenters. The molecular formula is C11H9FO4. The number of hydrogen-bond acceptors (Lipinski definition) is 3. The predicted octanol–water partition coefficient (Wildman–Crippen LogP) is 1.83. The Hall–Kier alpha value is -2.17. The quantitative estimate of drug-likeness (QED) is 0.765. The molecular weight excluding hydrogens is 215 g/mol. The highest BCUT2D eigenvalue weighted by Gasteiger charge is 2.07. The van der Waals surface area contributed by atoms with Gasteiger partial charge in [0, 0.05) is 0 Å². The van der Waals surface area contributed by atoms with Crippen LogP contribution in [0.15, 0.2) is 18.2 Å². The Morgan fingerprint density at radius 2 is 2.12 bits per heavy atom. The van der Waals surface area contributed by atoms with Crippen LogP contribution in [0.2, 0.25) is 0 Å². The molecule has 0 aliphatic rings. The highest BCUT2D eigenvalue weighted by atomic mass is 19.1. The third-order valence-electron chi connectivity index (χ3n) is 1.84. The van der Waals surface area contributed by atoms with Gasteiger partial charge in [-0.2, -0.15) is 0 Å². The molecule has 0 aliphatic heterocycles. The zero-order valence-electron chi connectivity index (χ0n) is 8.18. The molecule has 0 aromatic heterocycles. The predicted molar refractivity (Wildman–Crippen MR) is 54.7 cm³/mol. The van der Waals surface area contributed by atoms with Crippen LogP contribution in [0.3, 0.4) is 0 Å². The summed E-state index contributed by atoms with van der Waals surface area (Å²) in [5.41, 5.74) is 0.147. The van der Waals surface area contributed by atoms with Crippen LogP contribution in [-0.2, 0) is 4.79 Å². The number of carboxylic acid groups (broad SMARTS) is 1. The molecule has 0 unspecified atom stereocenters. The van der Waals surface area contributed by atoms with Crippen molar-refractivity contribution in [1.82, 2.24) is 0 Å². The summed E-state index contributed by atoms with van der Waals surface area (Å²) < 4.78 is 13.1. The Labute approximate surface area is 90.6 Å². The second kappa shape index (κ2) is 5.06. The van der Waals surface area contributed by atoms with Gasteiger partial charge >= 0.3 is 5.97 Å². The fraction of sp³-hybridized carbons (Fsp3) is 0.0909. The van der Waals surface area contributed by atoms with E-state index in [9.17, 15) is 14.0 Å². The van der Waals surface area contributed by atoms with Crippen LogP contribution in [-0.4, -0.2) is 22.5 Å². The fourth-order valence-corrected chi connectivity index (χ4v) is 1.12. The smallest absolute Gasteiger partial charge is 0.307 e. The van der Waals surface area contributed by atoms with Crippen LogP contribution < -0.4 is 0 Å². The molecule has 1 rings (SSSR count). The molecule has 84 valence electrons. The summed E-state index contributed by atoms with van der Waals surface area (Å²) in [6, 6.07) is 2.28. The van der Waals surface area contributed by atoms with Gasteiger partial charge in [-0.3, -0.25) is 9.59 Å². The van der Waals surface area contributed by atoms with Crippen molar-refractivity contribution in [2.45, 2.75) is 6.42 Å². The lowest BCUT2D eigenvalue weighted by Gasteiger charge is -2.00. The first-order valence-electron chi connectivity index (χ1n) is 4.40. The molecule has 0 radical (unpaired) electrons. The monoisotopic (exact) mass is 224 g/mol. The first-order chi connectivity index (χ1) is 7.54. The average Bonchev–Trinajstić information content (AvgIpc) is 2.22. The Morgan fingerprint density at radius 3 is 2.69 bits per heavy atom. The minimum atomic E-state index is -1.01. The molecule has 1 aromatic rings. The zero-order chi connectivity index (χ0) is 12.1. The second-order valence-corrected chi connectivity index (χ2v) is 3.06. The van der Waals surface area contributed by atoms with E-state index in [1.807, 2.05) is 0 Å². The van der Waals surface area contributed by atoms with Crippen LogP contribution in [0.5, 0.6) is 5.75 Å². The van der Waals surface area contributed by atoms with E-state index in [-0.39, 0.29) is 12.0 Å². The van der Waals surface area contributed by atoms with Crippen molar-refractivity contribution in [1.29, 1.82) is 0 Å². The van der Waals surface area contributed by atoms with E-state index in [4.69, 9.17) is 10.2 Å². The van der Waals surface area contributed by atoms with Crippen molar-refractivity contribution >= 4 is 18.3 Å². The number of rotatable bonds is 4. The van der Waals surface area contributed by atoms with Gasteiger partial charge in [0.1, 0.15) is 0 Å². The molecule has 16 heavy (non-hydrogen) atoms. The minimum Gasteiger partial charge on any atom is -0.504 e. The standard InChI is InChI=1S/C11H9FO4/c12-9-5-7(2-1-3-10(14)15)4-8(6-13)11(9)16/h1-2,4-6,16H,3H2,(H,14,15). The summed E-state index contributed by atoms with van der Waals surface area (Å²) in [4.78, 5) is 20.7. The number of carboxylic acids is 1. The maximum atomic E-state index is 13.1. The van der Waals surface area contributed by atoms with Crippen LogP contribution in [0.1, 0.15) is 22.3 Å². The summed E-state index contributed by atoms with van der Waals surface area (Å²) >= 11 is 0. The van der Waals surface area contributed by atoms with Gasteiger partial charge in [-0.05, 0) is 17.7 Å². The van der Waals surface area contributed by atoms with Gasteiger partial charge in [0.25, 0.3) is 0 Å². The third kappa shape index (κ3) is 2.91. The van der Waals surface area contributed by atoms with Crippen LogP contribution >= 0.6 is 0 Å². The summed E-state index contributed by atoms with van der Waals surface area (Å²) in [6.45, 7) is 0. The average molecular weight is 224 g/mol. The number of aliphatic carboxylic acids is 1. The van der Waals surface area contributed by atoms with Gasteiger partial charge in [0.2, 0.25) is 0 Å². The Bertz CT molecular complexity index is 452. The molecule has 0 fully saturated rings. The van der Waals surface area contributed by atoms with Gasteiger partial charge in [-0.15, -0.1) is 0 Å². The van der Waals surface area contributed by atoms with Crippen molar-refractivity contribution in [3.8, 4) is 5.75 Å².